The number of nitrogens with zero attached hydrogens (tertiary/aromatic N) is 1. The third-order valence-electron chi connectivity index (χ3n) is 6.06. The molecule has 1 saturated carbocycles. The Kier molecular flexibility index (Phi) is 5.55. The van der Waals surface area contributed by atoms with E-state index in [2.05, 4.69) is 0 Å². The Balaban J connectivity index is 1.83. The van der Waals surface area contributed by atoms with Gasteiger partial charge in [0.15, 0.2) is 0 Å². The molecule has 0 spiro atoms. The van der Waals surface area contributed by atoms with Crippen LogP contribution >= 0.6 is 10.8 Å². The molecular formula is C19H27F2NO4S. The third-order valence-corrected chi connectivity index (χ3v) is 8.52. The molecule has 0 aromatic heterocycles. The normalized spacial score (nSPS) is 35.5. The summed E-state index contributed by atoms with van der Waals surface area (Å²) >= 11 is 0. The highest BCUT2D eigenvalue weighted by Crippen LogP contribution is 2.67. The molecule has 5 nitrogen and oxygen atoms in total. The van der Waals surface area contributed by atoms with E-state index in [9.17, 15) is 22.7 Å². The van der Waals surface area contributed by atoms with Gasteiger partial charge in [-0.2, -0.15) is 0 Å². The van der Waals surface area contributed by atoms with Crippen molar-refractivity contribution in [3.63, 3.8) is 0 Å². The zero-order valence-electron chi connectivity index (χ0n) is 15.7. The molecule has 0 bridgehead atoms. The molecule has 0 radical (unpaired) electrons. The topological polar surface area (TPSA) is 70.0 Å². The van der Waals surface area contributed by atoms with E-state index in [1.807, 2.05) is 30.3 Å². The van der Waals surface area contributed by atoms with Gasteiger partial charge in [-0.3, -0.25) is 13.9 Å². The zero-order chi connectivity index (χ0) is 20.0. The Morgan fingerprint density at radius 3 is 2.52 bits per heavy atom. The number of hydrogen-bond acceptors (Lipinski definition) is 4. The second-order valence-corrected chi connectivity index (χ2v) is 9.80. The van der Waals surface area contributed by atoms with Crippen LogP contribution < -0.4 is 0 Å². The van der Waals surface area contributed by atoms with E-state index < -0.39 is 58.1 Å². The zero-order valence-corrected chi connectivity index (χ0v) is 16.5. The molecular weight excluding hydrogens is 376 g/mol. The van der Waals surface area contributed by atoms with Crippen molar-refractivity contribution in [2.45, 2.75) is 51.0 Å². The fraction of sp³-hybridized carbons (Fsp3) is 0.632. The van der Waals surface area contributed by atoms with Crippen LogP contribution in [0.15, 0.2) is 30.3 Å². The molecule has 1 aliphatic carbocycles. The lowest BCUT2D eigenvalue weighted by Gasteiger charge is -2.47. The summed E-state index contributed by atoms with van der Waals surface area (Å²) in [4.78, 5) is 12.0. The van der Waals surface area contributed by atoms with Crippen molar-refractivity contribution in [1.29, 1.82) is 0 Å². The maximum atomic E-state index is 14.7. The quantitative estimate of drug-likeness (QED) is 0.782. The first kappa shape index (κ1) is 20.5. The number of fused-ring (bicyclic) bond motifs is 1. The standard InChI is InChI=1S/C19H27F2NO4S/c1-12-16(11-26-10-15-7-5-4-6-8-15)18-13(2)22(14(3)23)27(24,25)17(18)9-19(12,20)21/h4-8,12-13,16-18,24-25H,9-11H2,1-3H3/t12-,13+,16-,17+,18-/m0/s1. The molecule has 3 rings (SSSR count). The number of amides is 1. The van der Waals surface area contributed by atoms with E-state index in [0.717, 1.165) is 9.87 Å². The van der Waals surface area contributed by atoms with Crippen molar-refractivity contribution in [3.8, 4) is 0 Å². The number of halogens is 2. The first-order valence-corrected chi connectivity index (χ1v) is 10.7. The summed E-state index contributed by atoms with van der Waals surface area (Å²) in [5.41, 5.74) is 0.943. The molecule has 1 amide bonds. The summed E-state index contributed by atoms with van der Waals surface area (Å²) in [5, 5.41) is -1.03. The molecule has 2 N–H and O–H groups in total. The highest BCUT2D eigenvalue weighted by molar-refractivity contribution is 8.23. The van der Waals surface area contributed by atoms with Crippen LogP contribution in [0.4, 0.5) is 8.78 Å². The van der Waals surface area contributed by atoms with Crippen molar-refractivity contribution in [1.82, 2.24) is 4.31 Å². The van der Waals surface area contributed by atoms with Gasteiger partial charge in [-0.25, -0.2) is 13.1 Å². The van der Waals surface area contributed by atoms with E-state index in [4.69, 9.17) is 4.74 Å². The molecule has 8 heteroatoms. The Bertz CT molecular complexity index is 688. The smallest absolute Gasteiger partial charge is 0.252 e. The Morgan fingerprint density at radius 1 is 1.30 bits per heavy atom. The molecule has 2 aliphatic rings. The van der Waals surface area contributed by atoms with Crippen molar-refractivity contribution < 1.29 is 27.4 Å². The van der Waals surface area contributed by atoms with Crippen molar-refractivity contribution in [3.05, 3.63) is 35.9 Å². The molecule has 2 fully saturated rings. The fourth-order valence-electron chi connectivity index (χ4n) is 4.67. The van der Waals surface area contributed by atoms with Crippen LogP contribution in [-0.2, 0) is 16.1 Å². The van der Waals surface area contributed by atoms with E-state index in [-0.39, 0.29) is 6.61 Å². The van der Waals surface area contributed by atoms with Crippen LogP contribution in [0.25, 0.3) is 0 Å². The lowest BCUT2D eigenvalue weighted by Crippen LogP contribution is -2.51. The van der Waals surface area contributed by atoms with Gasteiger partial charge < -0.3 is 4.74 Å². The van der Waals surface area contributed by atoms with Gasteiger partial charge in [-0.15, -0.1) is 10.8 Å². The van der Waals surface area contributed by atoms with Crippen LogP contribution in [0.1, 0.15) is 32.8 Å². The molecule has 152 valence electrons. The summed E-state index contributed by atoms with van der Waals surface area (Å²) in [6.07, 6.45) is -0.621. The SMILES string of the molecule is CC(=O)N1[C@H](C)[C@H]2[C@@H](COCc3ccccc3)[C@H](C)C(F)(F)C[C@H]2S1(O)O. The van der Waals surface area contributed by atoms with Gasteiger partial charge >= 0.3 is 0 Å². The highest BCUT2D eigenvalue weighted by atomic mass is 32.3. The van der Waals surface area contributed by atoms with Crippen LogP contribution in [0.3, 0.4) is 0 Å². The van der Waals surface area contributed by atoms with Gasteiger partial charge in [0, 0.05) is 25.2 Å². The number of benzene rings is 1. The number of rotatable bonds is 4. The molecule has 1 aromatic rings. The minimum atomic E-state index is -3.59. The van der Waals surface area contributed by atoms with E-state index >= 15 is 0 Å². The predicted octanol–water partition coefficient (Wildman–Crippen LogP) is 4.40. The fourth-order valence-corrected chi connectivity index (χ4v) is 7.27. The summed E-state index contributed by atoms with van der Waals surface area (Å²) in [7, 11) is -3.59. The van der Waals surface area contributed by atoms with Crippen LogP contribution in [-0.4, -0.2) is 43.1 Å². The number of alkyl halides is 2. The second-order valence-electron chi connectivity index (χ2n) is 7.68. The van der Waals surface area contributed by atoms with E-state index in [1.165, 1.54) is 13.8 Å². The lowest BCUT2D eigenvalue weighted by molar-refractivity contribution is -0.137. The maximum absolute atomic E-state index is 14.7. The second kappa shape index (κ2) is 7.31. The molecule has 1 heterocycles. The van der Waals surface area contributed by atoms with Crippen molar-refractivity contribution in [2.24, 2.45) is 17.8 Å². The first-order chi connectivity index (χ1) is 12.6. The summed E-state index contributed by atoms with van der Waals surface area (Å²) in [5.74, 6) is -5.54. The van der Waals surface area contributed by atoms with Gasteiger partial charge in [-0.05, 0) is 18.4 Å². The highest BCUT2D eigenvalue weighted by Gasteiger charge is 2.63. The lowest BCUT2D eigenvalue weighted by atomic mass is 9.68. The average Bonchev–Trinajstić information content (AvgIpc) is 2.77. The number of carbonyl (C=O) groups excluding carboxylic acids is 1. The molecule has 27 heavy (non-hydrogen) atoms. The summed E-state index contributed by atoms with van der Waals surface area (Å²) in [6.45, 7) is 4.82. The Morgan fingerprint density at radius 2 is 1.93 bits per heavy atom. The Labute approximate surface area is 160 Å². The number of carbonyl (C=O) groups is 1. The van der Waals surface area contributed by atoms with Crippen molar-refractivity contribution >= 4 is 16.7 Å². The molecule has 1 aromatic carbocycles. The van der Waals surface area contributed by atoms with E-state index in [1.54, 1.807) is 6.92 Å². The van der Waals surface area contributed by atoms with Crippen molar-refractivity contribution in [2.75, 3.05) is 6.61 Å². The minimum Gasteiger partial charge on any atom is -0.376 e. The summed E-state index contributed by atoms with van der Waals surface area (Å²) in [6, 6.07) is 8.92. The molecule has 1 saturated heterocycles. The van der Waals surface area contributed by atoms with Crippen LogP contribution in [0.2, 0.25) is 0 Å². The van der Waals surface area contributed by atoms with Gasteiger partial charge in [-0.1, -0.05) is 37.3 Å². The minimum absolute atomic E-state index is 0.0818. The monoisotopic (exact) mass is 403 g/mol. The largest absolute Gasteiger partial charge is 0.376 e. The number of hydrogen-bond donors (Lipinski definition) is 2. The third kappa shape index (κ3) is 3.60. The van der Waals surface area contributed by atoms with Gasteiger partial charge in [0.1, 0.15) is 0 Å². The molecule has 0 unspecified atom stereocenters. The van der Waals surface area contributed by atoms with Crippen LogP contribution in [0.5, 0.6) is 0 Å². The molecule has 1 aliphatic heterocycles. The molecule has 5 atom stereocenters. The number of ether oxygens (including phenoxy) is 1. The average molecular weight is 403 g/mol. The van der Waals surface area contributed by atoms with Gasteiger partial charge in [0.25, 0.3) is 5.92 Å². The maximum Gasteiger partial charge on any atom is 0.252 e. The van der Waals surface area contributed by atoms with E-state index in [0.29, 0.717) is 6.61 Å². The van der Waals surface area contributed by atoms with Gasteiger partial charge in [0.05, 0.1) is 24.5 Å². The Hall–Kier alpha value is -1.22. The predicted molar refractivity (Wildman–Crippen MR) is 100 cm³/mol. The van der Waals surface area contributed by atoms with Crippen LogP contribution in [0, 0.1) is 17.8 Å². The van der Waals surface area contributed by atoms with Gasteiger partial charge in [0.2, 0.25) is 5.91 Å². The summed E-state index contributed by atoms with van der Waals surface area (Å²) < 4.78 is 57.3. The first-order valence-electron chi connectivity index (χ1n) is 9.14.